The molecular formula is C18H25N3O2S. The highest BCUT2D eigenvalue weighted by molar-refractivity contribution is 7.98. The molecule has 1 atom stereocenters. The average Bonchev–Trinajstić information content (AvgIpc) is 3.05. The molecule has 6 heteroatoms. The number of nitrogens with one attached hydrogen (secondary N) is 1. The number of nitrogens with zero attached hydrogens (tertiary/aromatic N) is 2. The van der Waals surface area contributed by atoms with Crippen molar-refractivity contribution < 1.29 is 9.21 Å². The summed E-state index contributed by atoms with van der Waals surface area (Å²) in [6.07, 6.45) is 6.45. The van der Waals surface area contributed by atoms with Crippen molar-refractivity contribution in [3.8, 4) is 0 Å². The molecular weight excluding hydrogens is 322 g/mol. The van der Waals surface area contributed by atoms with E-state index in [4.69, 9.17) is 4.42 Å². The van der Waals surface area contributed by atoms with Crippen LogP contribution in [0.15, 0.2) is 28.0 Å². The van der Waals surface area contributed by atoms with E-state index < -0.39 is 0 Å². The van der Waals surface area contributed by atoms with Gasteiger partial charge in [0.15, 0.2) is 5.16 Å². The Morgan fingerprint density at radius 2 is 2.00 bits per heavy atom. The van der Waals surface area contributed by atoms with E-state index in [0.29, 0.717) is 12.8 Å². The highest BCUT2D eigenvalue weighted by atomic mass is 32.2. The molecule has 1 N–H and O–H groups in total. The molecule has 5 nitrogen and oxygen atoms in total. The summed E-state index contributed by atoms with van der Waals surface area (Å²) in [5, 5.41) is 3.83. The van der Waals surface area contributed by atoms with Crippen LogP contribution in [0.2, 0.25) is 0 Å². The molecule has 2 aromatic heterocycles. The van der Waals surface area contributed by atoms with Crippen LogP contribution in [-0.2, 0) is 17.6 Å². The first-order chi connectivity index (χ1) is 11.5. The van der Waals surface area contributed by atoms with Gasteiger partial charge in [-0.2, -0.15) is 0 Å². The lowest BCUT2D eigenvalue weighted by molar-refractivity contribution is -0.121. The number of hydrogen-bond acceptors (Lipinski definition) is 5. The lowest BCUT2D eigenvalue weighted by Crippen LogP contribution is -2.33. The van der Waals surface area contributed by atoms with Crippen molar-refractivity contribution in [1.82, 2.24) is 15.3 Å². The van der Waals surface area contributed by atoms with Gasteiger partial charge in [0.2, 0.25) is 5.91 Å². The summed E-state index contributed by atoms with van der Waals surface area (Å²) in [5.74, 6) is 1.02. The van der Waals surface area contributed by atoms with Gasteiger partial charge in [0.1, 0.15) is 5.76 Å². The number of hydrogen-bond donors (Lipinski definition) is 1. The fraction of sp³-hybridized carbons (Fsp3) is 0.500. The summed E-state index contributed by atoms with van der Waals surface area (Å²) in [5.41, 5.74) is 3.00. The maximum absolute atomic E-state index is 12.2. The van der Waals surface area contributed by atoms with Crippen LogP contribution in [0.5, 0.6) is 0 Å². The molecule has 0 aliphatic heterocycles. The van der Waals surface area contributed by atoms with Gasteiger partial charge in [-0.05, 0) is 57.6 Å². The molecule has 0 saturated heterocycles. The Kier molecular flexibility index (Phi) is 6.85. The molecule has 0 spiro atoms. The van der Waals surface area contributed by atoms with Crippen molar-refractivity contribution in [1.29, 1.82) is 0 Å². The van der Waals surface area contributed by atoms with E-state index in [1.54, 1.807) is 6.26 Å². The van der Waals surface area contributed by atoms with Crippen LogP contribution < -0.4 is 5.32 Å². The smallest absolute Gasteiger partial charge is 0.220 e. The molecule has 0 aliphatic rings. The third-order valence-electron chi connectivity index (χ3n) is 4.00. The highest BCUT2D eigenvalue weighted by Crippen LogP contribution is 2.17. The summed E-state index contributed by atoms with van der Waals surface area (Å²) in [6, 6.07) is 3.96. The maximum atomic E-state index is 12.2. The Labute approximate surface area is 147 Å². The molecule has 0 bridgehead atoms. The van der Waals surface area contributed by atoms with E-state index in [1.165, 1.54) is 11.8 Å². The molecule has 0 aromatic carbocycles. The minimum Gasteiger partial charge on any atom is -0.469 e. The molecule has 0 aliphatic carbocycles. The van der Waals surface area contributed by atoms with Crippen LogP contribution in [0.4, 0.5) is 0 Å². The molecule has 2 rings (SSSR count). The van der Waals surface area contributed by atoms with Gasteiger partial charge in [0.25, 0.3) is 0 Å². The predicted octanol–water partition coefficient (Wildman–Crippen LogP) is 3.48. The minimum absolute atomic E-state index is 0.0645. The van der Waals surface area contributed by atoms with E-state index in [-0.39, 0.29) is 11.9 Å². The first-order valence-corrected chi connectivity index (χ1v) is 9.42. The van der Waals surface area contributed by atoms with Crippen molar-refractivity contribution in [2.24, 2.45) is 0 Å². The van der Waals surface area contributed by atoms with Crippen molar-refractivity contribution in [2.45, 2.75) is 57.7 Å². The SMILES string of the molecule is CSc1nc(C)c(CCC(=O)NC(C)CCc2ccco2)c(C)n1. The average molecular weight is 347 g/mol. The van der Waals surface area contributed by atoms with Crippen LogP contribution in [-0.4, -0.2) is 28.2 Å². The van der Waals surface area contributed by atoms with Gasteiger partial charge in [-0.25, -0.2) is 9.97 Å². The van der Waals surface area contributed by atoms with Gasteiger partial charge in [0, 0.05) is 30.3 Å². The number of aryl methyl sites for hydroxylation is 3. The largest absolute Gasteiger partial charge is 0.469 e. The molecule has 0 fully saturated rings. The molecule has 0 saturated carbocycles. The zero-order valence-corrected chi connectivity index (χ0v) is 15.6. The quantitative estimate of drug-likeness (QED) is 0.585. The molecule has 2 heterocycles. The maximum Gasteiger partial charge on any atom is 0.220 e. The second-order valence-corrected chi connectivity index (χ2v) is 6.72. The number of furan rings is 1. The Morgan fingerprint density at radius 3 is 2.58 bits per heavy atom. The van der Waals surface area contributed by atoms with Gasteiger partial charge in [0.05, 0.1) is 6.26 Å². The van der Waals surface area contributed by atoms with Crippen molar-refractivity contribution in [3.63, 3.8) is 0 Å². The number of carbonyl (C=O) groups is 1. The molecule has 1 amide bonds. The third-order valence-corrected chi connectivity index (χ3v) is 4.54. The van der Waals surface area contributed by atoms with E-state index >= 15 is 0 Å². The zero-order chi connectivity index (χ0) is 17.5. The summed E-state index contributed by atoms with van der Waals surface area (Å²) in [7, 11) is 0. The number of thioether (sulfide) groups is 1. The van der Waals surface area contributed by atoms with Crippen LogP contribution in [0, 0.1) is 13.8 Å². The lowest BCUT2D eigenvalue weighted by atomic mass is 10.1. The van der Waals surface area contributed by atoms with E-state index in [9.17, 15) is 4.79 Å². The van der Waals surface area contributed by atoms with Gasteiger partial charge < -0.3 is 9.73 Å². The molecule has 0 radical (unpaired) electrons. The predicted molar refractivity (Wildman–Crippen MR) is 96.2 cm³/mol. The van der Waals surface area contributed by atoms with Crippen molar-refractivity contribution in [3.05, 3.63) is 41.1 Å². The standard InChI is InChI=1S/C18H25N3O2S/c1-12(7-8-15-6-5-11-23-15)19-17(22)10-9-16-13(2)20-18(24-4)21-14(16)3/h5-6,11-12H,7-10H2,1-4H3,(H,19,22). The van der Waals surface area contributed by atoms with Crippen LogP contribution in [0.3, 0.4) is 0 Å². The topological polar surface area (TPSA) is 68.0 Å². The van der Waals surface area contributed by atoms with Crippen LogP contribution in [0.1, 0.15) is 42.5 Å². The first-order valence-electron chi connectivity index (χ1n) is 8.19. The van der Waals surface area contributed by atoms with Gasteiger partial charge in [-0.1, -0.05) is 11.8 Å². The molecule has 1 unspecified atom stereocenters. The lowest BCUT2D eigenvalue weighted by Gasteiger charge is -2.14. The van der Waals surface area contributed by atoms with Crippen molar-refractivity contribution >= 4 is 17.7 Å². The number of aromatic nitrogens is 2. The monoisotopic (exact) mass is 347 g/mol. The van der Waals surface area contributed by atoms with Crippen LogP contribution in [0.25, 0.3) is 0 Å². The van der Waals surface area contributed by atoms with Gasteiger partial charge in [-0.15, -0.1) is 0 Å². The Balaban J connectivity index is 1.80. The van der Waals surface area contributed by atoms with Gasteiger partial charge >= 0.3 is 0 Å². The normalized spacial score (nSPS) is 12.2. The molecule has 130 valence electrons. The first kappa shape index (κ1) is 18.5. The van der Waals surface area contributed by atoms with E-state index in [1.807, 2.05) is 39.2 Å². The summed E-state index contributed by atoms with van der Waals surface area (Å²) < 4.78 is 5.31. The summed E-state index contributed by atoms with van der Waals surface area (Å²) >= 11 is 1.53. The molecule has 2 aromatic rings. The van der Waals surface area contributed by atoms with E-state index in [0.717, 1.165) is 40.7 Å². The Morgan fingerprint density at radius 1 is 1.29 bits per heavy atom. The highest BCUT2D eigenvalue weighted by Gasteiger charge is 2.12. The Hall–Kier alpha value is -1.82. The zero-order valence-electron chi connectivity index (χ0n) is 14.8. The third kappa shape index (κ3) is 5.37. The molecule has 24 heavy (non-hydrogen) atoms. The van der Waals surface area contributed by atoms with Crippen LogP contribution >= 0.6 is 11.8 Å². The fourth-order valence-corrected chi connectivity index (χ4v) is 3.09. The number of amides is 1. The summed E-state index contributed by atoms with van der Waals surface area (Å²) in [4.78, 5) is 21.1. The fourth-order valence-electron chi connectivity index (χ4n) is 2.63. The number of rotatable bonds is 8. The second-order valence-electron chi connectivity index (χ2n) is 5.95. The second kappa shape index (κ2) is 8.87. The van der Waals surface area contributed by atoms with Gasteiger partial charge in [-0.3, -0.25) is 4.79 Å². The van der Waals surface area contributed by atoms with Crippen molar-refractivity contribution in [2.75, 3.05) is 6.26 Å². The Bertz CT molecular complexity index is 648. The number of carbonyl (C=O) groups excluding carboxylic acids is 1. The van der Waals surface area contributed by atoms with E-state index in [2.05, 4.69) is 15.3 Å². The minimum atomic E-state index is 0.0645. The summed E-state index contributed by atoms with van der Waals surface area (Å²) in [6.45, 7) is 5.98.